The molecular formula is C21H21N7O2S. The molecule has 158 valence electrons. The molecule has 0 spiro atoms. The highest BCUT2D eigenvalue weighted by molar-refractivity contribution is 7.13. The normalized spacial score (nSPS) is 14.2. The molecule has 4 aromatic rings. The van der Waals surface area contributed by atoms with Gasteiger partial charge in [-0.05, 0) is 36.8 Å². The van der Waals surface area contributed by atoms with Gasteiger partial charge in [-0.25, -0.2) is 9.50 Å². The minimum Gasteiger partial charge on any atom is -0.337 e. The van der Waals surface area contributed by atoms with Crippen LogP contribution in [0.5, 0.6) is 0 Å². The van der Waals surface area contributed by atoms with E-state index in [1.807, 2.05) is 28.5 Å². The van der Waals surface area contributed by atoms with E-state index in [1.54, 1.807) is 29.1 Å². The summed E-state index contributed by atoms with van der Waals surface area (Å²) in [6.07, 6.45) is 7.78. The number of thiophene rings is 1. The molecule has 0 radical (unpaired) electrons. The van der Waals surface area contributed by atoms with Gasteiger partial charge < -0.3 is 10.2 Å². The lowest BCUT2D eigenvalue weighted by atomic mass is 10.1. The van der Waals surface area contributed by atoms with E-state index in [0.717, 1.165) is 42.9 Å². The Hall–Kier alpha value is -3.53. The standard InChI is InChI=1S/C21H21N7O2S/c1-26-18(21(30)27-9-3-2-4-10-27)15(13-23-26)25-20(29)14-12-24-28-16(7-8-22-19(14)28)17-6-5-11-31-17/h5-8,11-13H,2-4,9-10H2,1H3,(H,25,29). The van der Waals surface area contributed by atoms with Gasteiger partial charge in [-0.15, -0.1) is 11.3 Å². The van der Waals surface area contributed by atoms with Crippen LogP contribution < -0.4 is 5.32 Å². The summed E-state index contributed by atoms with van der Waals surface area (Å²) in [6.45, 7) is 1.45. The van der Waals surface area contributed by atoms with Gasteiger partial charge in [0.2, 0.25) is 0 Å². The maximum Gasteiger partial charge on any atom is 0.274 e. The topological polar surface area (TPSA) is 97.4 Å². The second-order valence-electron chi connectivity index (χ2n) is 7.44. The van der Waals surface area contributed by atoms with E-state index < -0.39 is 0 Å². The van der Waals surface area contributed by atoms with Gasteiger partial charge in [0.05, 0.1) is 28.7 Å². The van der Waals surface area contributed by atoms with Crippen molar-refractivity contribution in [2.75, 3.05) is 18.4 Å². The zero-order valence-corrected chi connectivity index (χ0v) is 17.8. The van der Waals surface area contributed by atoms with Crippen molar-refractivity contribution < 1.29 is 9.59 Å². The number of piperidine rings is 1. The number of carbonyl (C=O) groups is 2. The lowest BCUT2D eigenvalue weighted by Crippen LogP contribution is -2.37. The number of amides is 2. The van der Waals surface area contributed by atoms with Gasteiger partial charge in [-0.3, -0.25) is 14.3 Å². The summed E-state index contributed by atoms with van der Waals surface area (Å²) in [5.41, 5.74) is 2.41. The van der Waals surface area contributed by atoms with Crippen molar-refractivity contribution in [1.82, 2.24) is 29.3 Å². The SMILES string of the molecule is Cn1ncc(NC(=O)c2cnn3c(-c4cccs4)ccnc23)c1C(=O)N1CCCCC1. The Balaban J connectivity index is 1.45. The lowest BCUT2D eigenvalue weighted by Gasteiger charge is -2.27. The van der Waals surface area contributed by atoms with Crippen molar-refractivity contribution >= 4 is 34.5 Å². The first-order valence-corrected chi connectivity index (χ1v) is 11.0. The molecule has 1 fully saturated rings. The van der Waals surface area contributed by atoms with Gasteiger partial charge in [0.1, 0.15) is 11.3 Å². The smallest absolute Gasteiger partial charge is 0.274 e. The molecule has 5 heterocycles. The van der Waals surface area contributed by atoms with Crippen LogP contribution in [0.15, 0.2) is 42.2 Å². The van der Waals surface area contributed by atoms with Crippen LogP contribution in [0.1, 0.15) is 40.1 Å². The monoisotopic (exact) mass is 435 g/mol. The molecule has 0 unspecified atom stereocenters. The molecule has 9 nitrogen and oxygen atoms in total. The third-order valence-corrected chi connectivity index (χ3v) is 6.34. The molecule has 1 aliphatic heterocycles. The summed E-state index contributed by atoms with van der Waals surface area (Å²) in [5, 5.41) is 13.4. The highest BCUT2D eigenvalue weighted by Crippen LogP contribution is 2.26. The van der Waals surface area contributed by atoms with E-state index in [4.69, 9.17) is 0 Å². The number of nitrogens with one attached hydrogen (secondary N) is 1. The fraction of sp³-hybridized carbons (Fsp3) is 0.286. The van der Waals surface area contributed by atoms with Gasteiger partial charge >= 0.3 is 0 Å². The highest BCUT2D eigenvalue weighted by atomic mass is 32.1. The molecule has 0 bridgehead atoms. The molecule has 2 amide bonds. The number of carbonyl (C=O) groups excluding carboxylic acids is 2. The van der Waals surface area contributed by atoms with Crippen LogP contribution in [0, 0.1) is 0 Å². The Morgan fingerprint density at radius 2 is 1.94 bits per heavy atom. The third kappa shape index (κ3) is 3.48. The molecule has 10 heteroatoms. The molecule has 5 rings (SSSR count). The number of fused-ring (bicyclic) bond motifs is 1. The third-order valence-electron chi connectivity index (χ3n) is 5.45. The maximum atomic E-state index is 13.1. The number of likely N-dealkylation sites (tertiary alicyclic amines) is 1. The minimum atomic E-state index is -0.383. The van der Waals surface area contributed by atoms with E-state index in [-0.39, 0.29) is 11.8 Å². The number of rotatable bonds is 4. The molecule has 31 heavy (non-hydrogen) atoms. The van der Waals surface area contributed by atoms with E-state index in [0.29, 0.717) is 22.6 Å². The van der Waals surface area contributed by atoms with Crippen LogP contribution in [0.2, 0.25) is 0 Å². The average molecular weight is 436 g/mol. The van der Waals surface area contributed by atoms with Crippen LogP contribution in [-0.2, 0) is 7.05 Å². The van der Waals surface area contributed by atoms with E-state index in [1.165, 1.54) is 17.1 Å². The summed E-state index contributed by atoms with van der Waals surface area (Å²) in [4.78, 5) is 33.3. The molecule has 0 aromatic carbocycles. The highest BCUT2D eigenvalue weighted by Gasteiger charge is 2.26. The van der Waals surface area contributed by atoms with Gasteiger partial charge in [0, 0.05) is 26.3 Å². The number of nitrogens with zero attached hydrogens (tertiary/aromatic N) is 6. The van der Waals surface area contributed by atoms with Crippen molar-refractivity contribution in [1.29, 1.82) is 0 Å². The molecule has 1 aliphatic rings. The number of aromatic nitrogens is 5. The summed E-state index contributed by atoms with van der Waals surface area (Å²) in [7, 11) is 1.71. The number of anilines is 1. The maximum absolute atomic E-state index is 13.1. The number of hydrogen-bond acceptors (Lipinski definition) is 6. The molecule has 1 N–H and O–H groups in total. The fourth-order valence-electron chi connectivity index (χ4n) is 3.88. The molecule has 0 aliphatic carbocycles. The summed E-state index contributed by atoms with van der Waals surface area (Å²) < 4.78 is 3.17. The molecule has 4 aromatic heterocycles. The first-order chi connectivity index (χ1) is 15.1. The van der Waals surface area contributed by atoms with Gasteiger partial charge in [-0.2, -0.15) is 10.2 Å². The summed E-state index contributed by atoms with van der Waals surface area (Å²) in [5.74, 6) is -0.500. The van der Waals surface area contributed by atoms with E-state index in [2.05, 4.69) is 20.5 Å². The van der Waals surface area contributed by atoms with Crippen molar-refractivity contribution in [2.45, 2.75) is 19.3 Å². The van der Waals surface area contributed by atoms with Crippen LogP contribution in [-0.4, -0.2) is 54.2 Å². The average Bonchev–Trinajstić information content (AvgIpc) is 3.54. The first-order valence-electron chi connectivity index (χ1n) is 10.1. The zero-order chi connectivity index (χ0) is 21.4. The Labute approximate surface area is 182 Å². The minimum absolute atomic E-state index is 0.118. The van der Waals surface area contributed by atoms with Gasteiger partial charge in [-0.1, -0.05) is 6.07 Å². The van der Waals surface area contributed by atoms with Crippen molar-refractivity contribution in [3.8, 4) is 10.6 Å². The van der Waals surface area contributed by atoms with E-state index >= 15 is 0 Å². The quantitative estimate of drug-likeness (QED) is 0.531. The van der Waals surface area contributed by atoms with E-state index in [9.17, 15) is 9.59 Å². The molecule has 0 saturated carbocycles. The van der Waals surface area contributed by atoms with Crippen LogP contribution in [0.4, 0.5) is 5.69 Å². The lowest BCUT2D eigenvalue weighted by molar-refractivity contribution is 0.0714. The summed E-state index contributed by atoms with van der Waals surface area (Å²) >= 11 is 1.59. The Morgan fingerprint density at radius 3 is 2.71 bits per heavy atom. The predicted molar refractivity (Wildman–Crippen MR) is 117 cm³/mol. The number of hydrogen-bond donors (Lipinski definition) is 1. The molecule has 1 saturated heterocycles. The molecule has 0 atom stereocenters. The largest absolute Gasteiger partial charge is 0.337 e. The van der Waals surface area contributed by atoms with Crippen LogP contribution in [0.3, 0.4) is 0 Å². The van der Waals surface area contributed by atoms with Crippen molar-refractivity contribution in [3.05, 3.63) is 53.4 Å². The van der Waals surface area contributed by atoms with Crippen molar-refractivity contribution in [3.63, 3.8) is 0 Å². The number of aryl methyl sites for hydroxylation is 1. The van der Waals surface area contributed by atoms with Gasteiger partial charge in [0.25, 0.3) is 11.8 Å². The first kappa shape index (κ1) is 19.4. The Morgan fingerprint density at radius 1 is 1.10 bits per heavy atom. The Bertz CT molecular complexity index is 1250. The van der Waals surface area contributed by atoms with Crippen molar-refractivity contribution in [2.24, 2.45) is 7.05 Å². The Kier molecular flexibility index (Phi) is 4.99. The van der Waals surface area contributed by atoms with Crippen LogP contribution in [0.25, 0.3) is 16.2 Å². The fourth-order valence-corrected chi connectivity index (χ4v) is 4.62. The zero-order valence-electron chi connectivity index (χ0n) is 17.0. The van der Waals surface area contributed by atoms with Gasteiger partial charge in [0.15, 0.2) is 5.65 Å². The predicted octanol–water partition coefficient (Wildman–Crippen LogP) is 3.07. The molecular weight excluding hydrogens is 414 g/mol. The summed E-state index contributed by atoms with van der Waals surface area (Å²) in [6, 6.07) is 5.83. The second-order valence-corrected chi connectivity index (χ2v) is 8.39. The van der Waals surface area contributed by atoms with Crippen LogP contribution >= 0.6 is 11.3 Å². The second kappa shape index (κ2) is 7.95.